The fraction of sp³-hybridized carbons (Fsp3) is 0.308. The van der Waals surface area contributed by atoms with Gasteiger partial charge in [0, 0.05) is 11.3 Å². The van der Waals surface area contributed by atoms with Crippen molar-refractivity contribution >= 4 is 15.9 Å². The molecule has 2 aromatic rings. The molecule has 17 heavy (non-hydrogen) atoms. The lowest BCUT2D eigenvalue weighted by atomic mass is 10.2. The van der Waals surface area contributed by atoms with Gasteiger partial charge < -0.3 is 4.74 Å². The Kier molecular flexibility index (Phi) is 2.67. The highest BCUT2D eigenvalue weighted by Crippen LogP contribution is 2.30. The maximum atomic E-state index is 5.16. The van der Waals surface area contributed by atoms with Gasteiger partial charge in [-0.15, -0.1) is 0 Å². The van der Waals surface area contributed by atoms with E-state index < -0.39 is 0 Å². The molecule has 88 valence electrons. The van der Waals surface area contributed by atoms with E-state index in [4.69, 9.17) is 4.74 Å². The van der Waals surface area contributed by atoms with Crippen LogP contribution in [0.4, 0.5) is 0 Å². The number of methoxy groups -OCH3 is 1. The van der Waals surface area contributed by atoms with Crippen LogP contribution in [0.25, 0.3) is 5.69 Å². The predicted octanol–water partition coefficient (Wildman–Crippen LogP) is 3.13. The van der Waals surface area contributed by atoms with Crippen LogP contribution in [0.5, 0.6) is 5.75 Å². The summed E-state index contributed by atoms with van der Waals surface area (Å²) < 4.78 is 8.18. The molecule has 1 aliphatic rings. The minimum Gasteiger partial charge on any atom is -0.497 e. The topological polar surface area (TPSA) is 27.1 Å². The number of halogens is 1. The van der Waals surface area contributed by atoms with Crippen LogP contribution in [0.3, 0.4) is 0 Å². The number of aromatic nitrogens is 2. The SMILES string of the molecule is COc1ccc(-n2nc(Br)c3c2CCC3)cc1. The van der Waals surface area contributed by atoms with Gasteiger partial charge in [0.25, 0.3) is 0 Å². The number of hydrogen-bond donors (Lipinski definition) is 0. The van der Waals surface area contributed by atoms with E-state index in [1.807, 2.05) is 28.9 Å². The summed E-state index contributed by atoms with van der Waals surface area (Å²) in [5.41, 5.74) is 3.79. The molecule has 0 N–H and O–H groups in total. The van der Waals surface area contributed by atoms with Gasteiger partial charge in [0.2, 0.25) is 0 Å². The Morgan fingerprint density at radius 3 is 2.71 bits per heavy atom. The Hall–Kier alpha value is -1.29. The molecule has 1 aliphatic carbocycles. The van der Waals surface area contributed by atoms with Gasteiger partial charge in [0.05, 0.1) is 12.8 Å². The van der Waals surface area contributed by atoms with Crippen LogP contribution in [-0.4, -0.2) is 16.9 Å². The van der Waals surface area contributed by atoms with E-state index >= 15 is 0 Å². The maximum Gasteiger partial charge on any atom is 0.132 e. The lowest BCUT2D eigenvalue weighted by molar-refractivity contribution is 0.414. The summed E-state index contributed by atoms with van der Waals surface area (Å²) in [5, 5.41) is 4.55. The molecule has 0 saturated heterocycles. The largest absolute Gasteiger partial charge is 0.497 e. The fourth-order valence-electron chi connectivity index (χ4n) is 2.33. The number of benzene rings is 1. The molecule has 0 aliphatic heterocycles. The molecule has 1 aromatic heterocycles. The molecule has 0 unspecified atom stereocenters. The zero-order valence-electron chi connectivity index (χ0n) is 9.61. The van der Waals surface area contributed by atoms with Gasteiger partial charge >= 0.3 is 0 Å². The van der Waals surface area contributed by atoms with Gasteiger partial charge in [0.15, 0.2) is 0 Å². The Morgan fingerprint density at radius 2 is 2.00 bits per heavy atom. The van der Waals surface area contributed by atoms with Crippen LogP contribution >= 0.6 is 15.9 Å². The third-order valence-electron chi connectivity index (χ3n) is 3.20. The standard InChI is InChI=1S/C13H13BrN2O/c1-17-10-7-5-9(6-8-10)16-12-4-2-3-11(12)13(14)15-16/h5-8H,2-4H2,1H3. The zero-order chi connectivity index (χ0) is 11.8. The summed E-state index contributed by atoms with van der Waals surface area (Å²) in [5.74, 6) is 0.872. The normalized spacial score (nSPS) is 13.8. The summed E-state index contributed by atoms with van der Waals surface area (Å²) >= 11 is 3.54. The van der Waals surface area contributed by atoms with Crippen molar-refractivity contribution < 1.29 is 4.74 Å². The summed E-state index contributed by atoms with van der Waals surface area (Å²) in [7, 11) is 1.68. The van der Waals surface area contributed by atoms with Crippen molar-refractivity contribution in [3.05, 3.63) is 40.1 Å². The lowest BCUT2D eigenvalue weighted by Gasteiger charge is -2.06. The Balaban J connectivity index is 2.06. The van der Waals surface area contributed by atoms with Crippen molar-refractivity contribution in [2.75, 3.05) is 7.11 Å². The van der Waals surface area contributed by atoms with E-state index in [-0.39, 0.29) is 0 Å². The zero-order valence-corrected chi connectivity index (χ0v) is 11.2. The minimum atomic E-state index is 0.872. The van der Waals surface area contributed by atoms with Crippen LogP contribution in [0.2, 0.25) is 0 Å². The minimum absolute atomic E-state index is 0.872. The molecule has 0 spiro atoms. The fourth-order valence-corrected chi connectivity index (χ4v) is 2.91. The molecule has 0 amide bonds. The lowest BCUT2D eigenvalue weighted by Crippen LogP contribution is -2.00. The second-order valence-electron chi connectivity index (χ2n) is 4.18. The summed E-state index contributed by atoms with van der Waals surface area (Å²) in [6.07, 6.45) is 3.47. The first-order valence-electron chi connectivity index (χ1n) is 5.70. The van der Waals surface area contributed by atoms with Crippen molar-refractivity contribution in [3.8, 4) is 11.4 Å². The molecule has 0 radical (unpaired) electrons. The molecule has 1 heterocycles. The van der Waals surface area contributed by atoms with E-state index in [1.54, 1.807) is 7.11 Å². The van der Waals surface area contributed by atoms with Crippen molar-refractivity contribution in [1.29, 1.82) is 0 Å². The summed E-state index contributed by atoms with van der Waals surface area (Å²) in [4.78, 5) is 0. The molecule has 0 saturated carbocycles. The predicted molar refractivity (Wildman–Crippen MR) is 69.8 cm³/mol. The molecular formula is C13H13BrN2O. The third kappa shape index (κ3) is 1.76. The first kappa shape index (κ1) is 10.8. The highest BCUT2D eigenvalue weighted by molar-refractivity contribution is 9.10. The average Bonchev–Trinajstić information content (AvgIpc) is 2.94. The first-order valence-corrected chi connectivity index (χ1v) is 6.49. The van der Waals surface area contributed by atoms with Gasteiger partial charge in [-0.2, -0.15) is 5.10 Å². The highest BCUT2D eigenvalue weighted by Gasteiger charge is 2.21. The summed E-state index contributed by atoms with van der Waals surface area (Å²) in [6, 6.07) is 8.01. The van der Waals surface area contributed by atoms with Gasteiger partial charge in [-0.05, 0) is 59.5 Å². The van der Waals surface area contributed by atoms with Crippen molar-refractivity contribution in [2.45, 2.75) is 19.3 Å². The molecule has 3 rings (SSSR count). The van der Waals surface area contributed by atoms with Crippen LogP contribution < -0.4 is 4.74 Å². The third-order valence-corrected chi connectivity index (χ3v) is 3.84. The van der Waals surface area contributed by atoms with Crippen LogP contribution in [-0.2, 0) is 12.8 Å². The number of nitrogens with zero attached hydrogens (tertiary/aromatic N) is 2. The molecular weight excluding hydrogens is 280 g/mol. The Morgan fingerprint density at radius 1 is 1.24 bits per heavy atom. The second-order valence-corrected chi connectivity index (χ2v) is 4.93. The smallest absolute Gasteiger partial charge is 0.132 e. The van der Waals surface area contributed by atoms with Gasteiger partial charge in [-0.3, -0.25) is 0 Å². The van der Waals surface area contributed by atoms with E-state index in [2.05, 4.69) is 21.0 Å². The Labute approximate surface area is 109 Å². The maximum absolute atomic E-state index is 5.16. The highest BCUT2D eigenvalue weighted by atomic mass is 79.9. The molecule has 4 heteroatoms. The molecule has 0 bridgehead atoms. The quantitative estimate of drug-likeness (QED) is 0.850. The number of rotatable bonds is 2. The second kappa shape index (κ2) is 4.18. The average molecular weight is 293 g/mol. The molecule has 0 fully saturated rings. The van der Waals surface area contributed by atoms with Crippen LogP contribution in [0.15, 0.2) is 28.9 Å². The van der Waals surface area contributed by atoms with Gasteiger partial charge in [-0.1, -0.05) is 0 Å². The number of ether oxygens (including phenoxy) is 1. The van der Waals surface area contributed by atoms with Crippen LogP contribution in [0, 0.1) is 0 Å². The van der Waals surface area contributed by atoms with Crippen molar-refractivity contribution in [3.63, 3.8) is 0 Å². The molecule has 3 nitrogen and oxygen atoms in total. The number of fused-ring (bicyclic) bond motifs is 1. The number of hydrogen-bond acceptors (Lipinski definition) is 2. The van der Waals surface area contributed by atoms with Gasteiger partial charge in [0.1, 0.15) is 10.4 Å². The Bertz CT molecular complexity index is 545. The molecule has 1 aromatic carbocycles. The van der Waals surface area contributed by atoms with Crippen molar-refractivity contribution in [1.82, 2.24) is 9.78 Å². The van der Waals surface area contributed by atoms with E-state index in [1.165, 1.54) is 17.7 Å². The van der Waals surface area contributed by atoms with E-state index in [0.717, 1.165) is 28.9 Å². The van der Waals surface area contributed by atoms with Crippen molar-refractivity contribution in [2.24, 2.45) is 0 Å². The van der Waals surface area contributed by atoms with Crippen LogP contribution in [0.1, 0.15) is 17.7 Å². The monoisotopic (exact) mass is 292 g/mol. The van der Waals surface area contributed by atoms with E-state index in [9.17, 15) is 0 Å². The van der Waals surface area contributed by atoms with Gasteiger partial charge in [-0.25, -0.2) is 4.68 Å². The summed E-state index contributed by atoms with van der Waals surface area (Å²) in [6.45, 7) is 0. The molecule has 0 atom stereocenters. The first-order chi connectivity index (χ1) is 8.29. The van der Waals surface area contributed by atoms with E-state index in [0.29, 0.717) is 0 Å².